The summed E-state index contributed by atoms with van der Waals surface area (Å²) >= 11 is 0. The Morgan fingerprint density at radius 3 is 1.82 bits per heavy atom. The summed E-state index contributed by atoms with van der Waals surface area (Å²) in [7, 11) is 0. The van der Waals surface area contributed by atoms with Crippen LogP contribution >= 0.6 is 0 Å². The van der Waals surface area contributed by atoms with Gasteiger partial charge in [-0.3, -0.25) is 14.4 Å². The third kappa shape index (κ3) is 16.5. The highest BCUT2D eigenvalue weighted by Gasteiger charge is 2.20. The molecular weight excluding hydrogens is 288 g/mol. The molecule has 130 valence electrons. The molecule has 0 N–H and O–H groups in total. The summed E-state index contributed by atoms with van der Waals surface area (Å²) in [6.07, 6.45) is 2.59. The van der Waals surface area contributed by atoms with E-state index in [-0.39, 0.29) is 36.5 Å². The van der Waals surface area contributed by atoms with Crippen LogP contribution in [0.5, 0.6) is 0 Å². The molecule has 0 spiro atoms. The van der Waals surface area contributed by atoms with Gasteiger partial charge in [0.05, 0.1) is 6.61 Å². The van der Waals surface area contributed by atoms with Crippen molar-refractivity contribution in [2.75, 3.05) is 13.2 Å². The summed E-state index contributed by atoms with van der Waals surface area (Å²) in [5.74, 6) is -0.690. The Bertz CT molecular complexity index is 327. The third-order valence-electron chi connectivity index (χ3n) is 2.85. The smallest absolute Gasteiger partial charge is 0.303 e. The lowest BCUT2D eigenvalue weighted by atomic mass is 10.0. The predicted molar refractivity (Wildman–Crippen MR) is 83.2 cm³/mol. The van der Waals surface area contributed by atoms with Crippen molar-refractivity contribution in [1.82, 2.24) is 0 Å². The monoisotopic (exact) mass is 318 g/mol. The van der Waals surface area contributed by atoms with Gasteiger partial charge in [-0.15, -0.1) is 0 Å². The van der Waals surface area contributed by atoms with Crippen molar-refractivity contribution in [2.24, 2.45) is 5.92 Å². The number of rotatable bonds is 8. The van der Waals surface area contributed by atoms with E-state index >= 15 is 0 Å². The molecule has 0 heterocycles. The molecular formula is C16H30O6. The van der Waals surface area contributed by atoms with Crippen molar-refractivity contribution in [3.8, 4) is 0 Å². The summed E-state index contributed by atoms with van der Waals surface area (Å²) in [4.78, 5) is 31.4. The summed E-state index contributed by atoms with van der Waals surface area (Å²) in [6.45, 7) is 10.8. The van der Waals surface area contributed by atoms with Gasteiger partial charge in [0.2, 0.25) is 0 Å². The molecule has 0 radical (unpaired) electrons. The van der Waals surface area contributed by atoms with Crippen LogP contribution in [0.4, 0.5) is 0 Å². The van der Waals surface area contributed by atoms with Crippen molar-refractivity contribution in [2.45, 2.75) is 66.9 Å². The van der Waals surface area contributed by atoms with Gasteiger partial charge in [-0.1, -0.05) is 27.2 Å². The second-order valence-corrected chi connectivity index (χ2v) is 5.03. The molecule has 0 saturated heterocycles. The molecule has 0 aliphatic heterocycles. The molecule has 6 heteroatoms. The number of hydrogen-bond acceptors (Lipinski definition) is 6. The molecule has 0 aliphatic rings. The van der Waals surface area contributed by atoms with Crippen molar-refractivity contribution in [1.29, 1.82) is 0 Å². The maximum atomic E-state index is 10.8. The van der Waals surface area contributed by atoms with E-state index in [9.17, 15) is 14.4 Å². The van der Waals surface area contributed by atoms with E-state index in [1.807, 2.05) is 13.8 Å². The highest BCUT2D eigenvalue weighted by Crippen LogP contribution is 2.12. The molecule has 0 aromatic carbocycles. The lowest BCUT2D eigenvalue weighted by molar-refractivity contribution is -0.159. The summed E-state index contributed by atoms with van der Waals surface area (Å²) in [6, 6.07) is 0. The van der Waals surface area contributed by atoms with Gasteiger partial charge >= 0.3 is 17.9 Å². The number of unbranched alkanes of at least 4 members (excludes halogenated alkanes) is 1. The largest absolute Gasteiger partial charge is 0.466 e. The van der Waals surface area contributed by atoms with Crippen LogP contribution in [-0.4, -0.2) is 37.2 Å². The van der Waals surface area contributed by atoms with Crippen LogP contribution in [0.25, 0.3) is 0 Å². The van der Waals surface area contributed by atoms with E-state index in [0.29, 0.717) is 6.61 Å². The lowest BCUT2D eigenvalue weighted by Crippen LogP contribution is -2.29. The lowest BCUT2D eigenvalue weighted by Gasteiger charge is -2.21. The Balaban J connectivity index is 0. The van der Waals surface area contributed by atoms with E-state index < -0.39 is 0 Å². The van der Waals surface area contributed by atoms with Crippen molar-refractivity contribution < 1.29 is 28.6 Å². The summed E-state index contributed by atoms with van der Waals surface area (Å²) < 4.78 is 14.5. The first kappa shape index (κ1) is 22.7. The number of hydrogen-bond donors (Lipinski definition) is 0. The number of ether oxygens (including phenoxy) is 3. The SMILES string of the molecule is CCC(C)C(COC(C)=O)OC(C)=O.CCCCOC(C)=O. The molecule has 22 heavy (non-hydrogen) atoms. The highest BCUT2D eigenvalue weighted by molar-refractivity contribution is 5.67. The van der Waals surface area contributed by atoms with Crippen LogP contribution in [0.1, 0.15) is 60.8 Å². The minimum Gasteiger partial charge on any atom is -0.466 e. The molecule has 0 fully saturated rings. The second kappa shape index (κ2) is 14.4. The van der Waals surface area contributed by atoms with Crippen molar-refractivity contribution >= 4 is 17.9 Å². The normalized spacial score (nSPS) is 12.3. The van der Waals surface area contributed by atoms with E-state index in [1.54, 1.807) is 0 Å². The Kier molecular flexibility index (Phi) is 14.8. The standard InChI is InChI=1S/C10H18O4.C6H12O2/c1-5-7(2)10(14-9(4)12)6-13-8(3)11;1-3-4-5-8-6(2)7/h7,10H,5-6H2,1-4H3;3-5H2,1-2H3. The van der Waals surface area contributed by atoms with Crippen LogP contribution in [0.3, 0.4) is 0 Å². The molecule has 0 aromatic heterocycles. The molecule has 0 amide bonds. The zero-order valence-electron chi connectivity index (χ0n) is 14.6. The summed E-state index contributed by atoms with van der Waals surface area (Å²) in [5, 5.41) is 0. The Hall–Kier alpha value is -1.59. The Morgan fingerprint density at radius 2 is 1.45 bits per heavy atom. The van der Waals surface area contributed by atoms with Crippen LogP contribution in [0, 0.1) is 5.92 Å². The van der Waals surface area contributed by atoms with Gasteiger partial charge in [0.1, 0.15) is 12.7 Å². The molecule has 0 rings (SSSR count). The van der Waals surface area contributed by atoms with E-state index in [1.165, 1.54) is 20.8 Å². The average Bonchev–Trinajstić information content (AvgIpc) is 2.42. The highest BCUT2D eigenvalue weighted by atomic mass is 16.6. The van der Waals surface area contributed by atoms with E-state index in [0.717, 1.165) is 19.3 Å². The molecule has 0 aromatic rings. The van der Waals surface area contributed by atoms with Gasteiger partial charge in [0.25, 0.3) is 0 Å². The fraction of sp³-hybridized carbons (Fsp3) is 0.812. The van der Waals surface area contributed by atoms with E-state index in [2.05, 4.69) is 11.7 Å². The topological polar surface area (TPSA) is 78.9 Å². The molecule has 0 bridgehead atoms. The van der Waals surface area contributed by atoms with Crippen molar-refractivity contribution in [3.63, 3.8) is 0 Å². The minimum atomic E-state index is -0.356. The Morgan fingerprint density at radius 1 is 0.909 bits per heavy atom. The van der Waals surface area contributed by atoms with Crippen LogP contribution in [0.2, 0.25) is 0 Å². The predicted octanol–water partition coefficient (Wildman–Crippen LogP) is 2.88. The zero-order chi connectivity index (χ0) is 17.5. The van der Waals surface area contributed by atoms with Crippen molar-refractivity contribution in [3.05, 3.63) is 0 Å². The maximum Gasteiger partial charge on any atom is 0.303 e. The first-order valence-corrected chi connectivity index (χ1v) is 7.68. The number of carbonyl (C=O) groups is 3. The number of carbonyl (C=O) groups excluding carboxylic acids is 3. The molecule has 0 aliphatic carbocycles. The van der Waals surface area contributed by atoms with Gasteiger partial charge < -0.3 is 14.2 Å². The van der Waals surface area contributed by atoms with Crippen LogP contribution in [0.15, 0.2) is 0 Å². The fourth-order valence-electron chi connectivity index (χ4n) is 1.35. The zero-order valence-corrected chi connectivity index (χ0v) is 14.6. The third-order valence-corrected chi connectivity index (χ3v) is 2.85. The quantitative estimate of drug-likeness (QED) is 0.389. The molecule has 2 unspecified atom stereocenters. The minimum absolute atomic E-state index is 0.143. The average molecular weight is 318 g/mol. The van der Waals surface area contributed by atoms with Gasteiger partial charge in [-0.25, -0.2) is 0 Å². The molecule has 0 saturated carbocycles. The first-order valence-electron chi connectivity index (χ1n) is 7.68. The maximum absolute atomic E-state index is 10.8. The van der Waals surface area contributed by atoms with Crippen LogP contribution in [-0.2, 0) is 28.6 Å². The van der Waals surface area contributed by atoms with Gasteiger partial charge in [-0.05, 0) is 18.8 Å². The second-order valence-electron chi connectivity index (χ2n) is 5.03. The molecule has 2 atom stereocenters. The van der Waals surface area contributed by atoms with Crippen LogP contribution < -0.4 is 0 Å². The Labute approximate surface area is 133 Å². The van der Waals surface area contributed by atoms with Gasteiger partial charge in [0.15, 0.2) is 0 Å². The van der Waals surface area contributed by atoms with Gasteiger partial charge in [-0.2, -0.15) is 0 Å². The first-order chi connectivity index (χ1) is 10.2. The number of esters is 3. The van der Waals surface area contributed by atoms with E-state index in [4.69, 9.17) is 9.47 Å². The summed E-state index contributed by atoms with van der Waals surface area (Å²) in [5.41, 5.74) is 0. The van der Waals surface area contributed by atoms with Gasteiger partial charge in [0, 0.05) is 20.8 Å². The fourth-order valence-corrected chi connectivity index (χ4v) is 1.35. The molecule has 6 nitrogen and oxygen atoms in total.